The Morgan fingerprint density at radius 2 is 2.11 bits per heavy atom. The van der Waals surface area contributed by atoms with Gasteiger partial charge >= 0.3 is 0 Å². The molecule has 1 heterocycles. The van der Waals surface area contributed by atoms with Gasteiger partial charge in [0.05, 0.1) is 5.69 Å². The zero-order valence-corrected chi connectivity index (χ0v) is 10.8. The Balaban J connectivity index is 1.91. The molecule has 0 spiro atoms. The predicted octanol–water partition coefficient (Wildman–Crippen LogP) is 3.65. The molecule has 0 bridgehead atoms. The van der Waals surface area contributed by atoms with Crippen molar-refractivity contribution in [1.82, 2.24) is 10.3 Å². The number of rotatable bonds is 4. The maximum atomic E-state index is 6.09. The van der Waals surface area contributed by atoms with Crippen LogP contribution in [0.1, 0.15) is 18.4 Å². The quantitative estimate of drug-likeness (QED) is 0.905. The van der Waals surface area contributed by atoms with Gasteiger partial charge < -0.3 is 5.32 Å². The smallest absolute Gasteiger partial charge is 0.0705 e. The third kappa shape index (κ3) is 2.71. The summed E-state index contributed by atoms with van der Waals surface area (Å²) in [6.45, 7) is 0.858. The number of pyridine rings is 1. The van der Waals surface area contributed by atoms with Crippen molar-refractivity contribution in [2.75, 3.05) is 0 Å². The minimum atomic E-state index is 0.695. The monoisotopic (exact) mass is 258 g/mol. The summed E-state index contributed by atoms with van der Waals surface area (Å²) < 4.78 is 0. The van der Waals surface area contributed by atoms with Crippen LogP contribution >= 0.6 is 11.6 Å². The first-order valence-corrected chi connectivity index (χ1v) is 6.64. The normalized spacial score (nSPS) is 14.7. The van der Waals surface area contributed by atoms with E-state index in [1.165, 1.54) is 18.4 Å². The summed E-state index contributed by atoms with van der Waals surface area (Å²) in [7, 11) is 0. The molecule has 3 heteroatoms. The summed E-state index contributed by atoms with van der Waals surface area (Å²) in [4.78, 5) is 4.41. The first-order chi connectivity index (χ1) is 8.83. The fraction of sp³-hybridized carbons (Fsp3) is 0.267. The fourth-order valence-corrected chi connectivity index (χ4v) is 2.22. The molecule has 0 amide bonds. The van der Waals surface area contributed by atoms with Crippen molar-refractivity contribution >= 4 is 11.6 Å². The Morgan fingerprint density at radius 3 is 2.83 bits per heavy atom. The summed E-state index contributed by atoms with van der Waals surface area (Å²) >= 11 is 6.09. The summed E-state index contributed by atoms with van der Waals surface area (Å²) in [5.41, 5.74) is 3.38. The van der Waals surface area contributed by atoms with Crippen LogP contribution in [0.2, 0.25) is 5.02 Å². The minimum Gasteiger partial charge on any atom is -0.310 e. The van der Waals surface area contributed by atoms with E-state index in [0.717, 1.165) is 22.8 Å². The lowest BCUT2D eigenvalue weighted by Crippen LogP contribution is -2.16. The first kappa shape index (κ1) is 11.7. The average Bonchev–Trinajstić information content (AvgIpc) is 3.21. The van der Waals surface area contributed by atoms with Crippen molar-refractivity contribution in [1.29, 1.82) is 0 Å². The van der Waals surface area contributed by atoms with Crippen LogP contribution < -0.4 is 5.32 Å². The largest absolute Gasteiger partial charge is 0.310 e. The molecule has 3 rings (SSSR count). The van der Waals surface area contributed by atoms with Crippen LogP contribution in [0, 0.1) is 0 Å². The lowest BCUT2D eigenvalue weighted by molar-refractivity contribution is 0.688. The molecule has 0 aliphatic heterocycles. The molecule has 1 aliphatic rings. The van der Waals surface area contributed by atoms with E-state index >= 15 is 0 Å². The lowest BCUT2D eigenvalue weighted by Gasteiger charge is -2.10. The molecule has 92 valence electrons. The van der Waals surface area contributed by atoms with E-state index in [1.807, 2.05) is 36.5 Å². The molecule has 2 aromatic rings. The van der Waals surface area contributed by atoms with Crippen molar-refractivity contribution in [3.63, 3.8) is 0 Å². The van der Waals surface area contributed by atoms with Gasteiger partial charge in [0.15, 0.2) is 0 Å². The Kier molecular flexibility index (Phi) is 3.31. The van der Waals surface area contributed by atoms with Gasteiger partial charge in [-0.05, 0) is 42.7 Å². The van der Waals surface area contributed by atoms with E-state index in [4.69, 9.17) is 11.6 Å². The van der Waals surface area contributed by atoms with Gasteiger partial charge in [-0.1, -0.05) is 23.7 Å². The molecule has 1 aliphatic carbocycles. The van der Waals surface area contributed by atoms with Crippen molar-refractivity contribution in [2.45, 2.75) is 25.4 Å². The van der Waals surface area contributed by atoms with E-state index in [9.17, 15) is 0 Å². The number of hydrogen-bond acceptors (Lipinski definition) is 2. The van der Waals surface area contributed by atoms with E-state index in [0.29, 0.717) is 6.04 Å². The van der Waals surface area contributed by atoms with Crippen molar-refractivity contribution in [2.24, 2.45) is 0 Å². The van der Waals surface area contributed by atoms with Crippen molar-refractivity contribution in [3.05, 3.63) is 53.2 Å². The van der Waals surface area contributed by atoms with Gasteiger partial charge in [-0.15, -0.1) is 0 Å². The van der Waals surface area contributed by atoms with Gasteiger partial charge in [0.1, 0.15) is 0 Å². The summed E-state index contributed by atoms with van der Waals surface area (Å²) in [5.74, 6) is 0. The Hall–Kier alpha value is -1.38. The minimum absolute atomic E-state index is 0.695. The molecule has 1 aromatic heterocycles. The predicted molar refractivity (Wildman–Crippen MR) is 74.5 cm³/mol. The Morgan fingerprint density at radius 1 is 1.22 bits per heavy atom. The van der Waals surface area contributed by atoms with Gasteiger partial charge in [-0.25, -0.2) is 0 Å². The number of nitrogens with zero attached hydrogens (tertiary/aromatic N) is 1. The van der Waals surface area contributed by atoms with Crippen LogP contribution in [-0.2, 0) is 6.54 Å². The third-order valence-electron chi connectivity index (χ3n) is 3.17. The molecule has 0 saturated heterocycles. The molecule has 1 fully saturated rings. The zero-order valence-electron chi connectivity index (χ0n) is 10.1. The van der Waals surface area contributed by atoms with Crippen LogP contribution in [0.4, 0.5) is 0 Å². The highest BCUT2D eigenvalue weighted by Gasteiger charge is 2.20. The van der Waals surface area contributed by atoms with Crippen LogP contribution in [0.3, 0.4) is 0 Å². The van der Waals surface area contributed by atoms with Gasteiger partial charge in [0.2, 0.25) is 0 Å². The van der Waals surface area contributed by atoms with Crippen molar-refractivity contribution in [3.8, 4) is 11.3 Å². The van der Waals surface area contributed by atoms with Crippen LogP contribution in [0.5, 0.6) is 0 Å². The third-order valence-corrected chi connectivity index (χ3v) is 3.40. The Labute approximate surface area is 112 Å². The summed E-state index contributed by atoms with van der Waals surface area (Å²) in [6.07, 6.45) is 4.40. The molecular weight excluding hydrogens is 244 g/mol. The first-order valence-electron chi connectivity index (χ1n) is 6.26. The maximum Gasteiger partial charge on any atom is 0.0705 e. The van der Waals surface area contributed by atoms with Gasteiger partial charge in [-0.2, -0.15) is 0 Å². The zero-order chi connectivity index (χ0) is 12.4. The molecular formula is C15H15ClN2. The van der Waals surface area contributed by atoms with Crippen LogP contribution in [0.25, 0.3) is 11.3 Å². The highest BCUT2D eigenvalue weighted by molar-refractivity contribution is 6.30. The number of aromatic nitrogens is 1. The Bertz CT molecular complexity index is 535. The molecule has 18 heavy (non-hydrogen) atoms. The van der Waals surface area contributed by atoms with Crippen LogP contribution in [0.15, 0.2) is 42.6 Å². The number of hydrogen-bond donors (Lipinski definition) is 1. The van der Waals surface area contributed by atoms with Gasteiger partial charge in [0.25, 0.3) is 0 Å². The molecule has 1 N–H and O–H groups in total. The molecule has 2 nitrogen and oxygen atoms in total. The number of benzene rings is 1. The summed E-state index contributed by atoms with van der Waals surface area (Å²) in [6, 6.07) is 12.7. The topological polar surface area (TPSA) is 24.9 Å². The second-order valence-corrected chi connectivity index (χ2v) is 5.11. The van der Waals surface area contributed by atoms with Gasteiger partial charge in [0, 0.05) is 29.4 Å². The lowest BCUT2D eigenvalue weighted by atomic mass is 10.0. The fourth-order valence-electron chi connectivity index (χ4n) is 2.02. The number of halogens is 1. The molecule has 0 unspecified atom stereocenters. The van der Waals surface area contributed by atoms with E-state index in [-0.39, 0.29) is 0 Å². The summed E-state index contributed by atoms with van der Waals surface area (Å²) in [5, 5.41) is 4.30. The molecule has 1 saturated carbocycles. The number of nitrogens with one attached hydrogen (secondary N) is 1. The van der Waals surface area contributed by atoms with E-state index < -0.39 is 0 Å². The van der Waals surface area contributed by atoms with Gasteiger partial charge in [-0.3, -0.25) is 4.98 Å². The van der Waals surface area contributed by atoms with E-state index in [2.05, 4.69) is 16.4 Å². The highest BCUT2D eigenvalue weighted by Crippen LogP contribution is 2.26. The molecule has 0 radical (unpaired) electrons. The van der Waals surface area contributed by atoms with Crippen LogP contribution in [-0.4, -0.2) is 11.0 Å². The molecule has 0 atom stereocenters. The SMILES string of the molecule is Clc1ccc(-c2ccccn2)c(CNC2CC2)c1. The highest BCUT2D eigenvalue weighted by atomic mass is 35.5. The van der Waals surface area contributed by atoms with Crippen molar-refractivity contribution < 1.29 is 0 Å². The maximum absolute atomic E-state index is 6.09. The van der Waals surface area contributed by atoms with E-state index in [1.54, 1.807) is 0 Å². The molecule has 1 aromatic carbocycles. The average molecular weight is 259 g/mol. The second-order valence-electron chi connectivity index (χ2n) is 4.67. The second kappa shape index (κ2) is 5.09. The standard InChI is InChI=1S/C15H15ClN2/c16-12-4-7-14(15-3-1-2-8-17-15)11(9-12)10-18-13-5-6-13/h1-4,7-9,13,18H,5-6,10H2.